The Balaban J connectivity index is 0. The Labute approximate surface area is 158 Å². The number of carbonyl (C=O) groups excluding carboxylic acids is 1. The Kier molecular flexibility index (Phi) is 22.0. The number of ether oxygens (including phenoxy) is 1. The monoisotopic (exact) mass is 374 g/mol. The Morgan fingerprint density at radius 3 is 2.12 bits per heavy atom. The minimum Gasteiger partial charge on any atom is -0.469 e. The summed E-state index contributed by atoms with van der Waals surface area (Å²) >= 11 is 0. The van der Waals surface area contributed by atoms with Gasteiger partial charge in [-0.15, -0.1) is 0 Å². The predicted octanol–water partition coefficient (Wildman–Crippen LogP) is 5.39. The molecule has 0 aliphatic carbocycles. The summed E-state index contributed by atoms with van der Waals surface area (Å²) in [6.07, 6.45) is 16.3. The number of aliphatic hydroxyl groups is 1. The topological polar surface area (TPSA) is 104 Å². The molecule has 6 nitrogen and oxygen atoms in total. The molecule has 0 aromatic heterocycles. The van der Waals surface area contributed by atoms with Gasteiger partial charge in [0.25, 0.3) is 0 Å². The minimum absolute atomic E-state index is 0.101. The first-order chi connectivity index (χ1) is 12.4. The molecule has 154 valence electrons. The van der Waals surface area contributed by atoms with Crippen LogP contribution in [0.2, 0.25) is 0 Å². The van der Waals surface area contributed by atoms with E-state index in [2.05, 4.69) is 23.8 Å². The van der Waals surface area contributed by atoms with E-state index in [-0.39, 0.29) is 12.1 Å². The van der Waals surface area contributed by atoms with Crippen LogP contribution in [0.25, 0.3) is 0 Å². The van der Waals surface area contributed by atoms with Crippen molar-refractivity contribution in [1.82, 2.24) is 0 Å². The lowest BCUT2D eigenvalue weighted by Crippen LogP contribution is -2.04. The Hall–Kier alpha value is -1.56. The Bertz CT molecular complexity index is 350. The number of hydrogen-bond acceptors (Lipinski definition) is 4. The lowest BCUT2D eigenvalue weighted by atomic mass is 10.1. The first-order valence-electron chi connectivity index (χ1n) is 9.75. The Morgan fingerprint density at radius 1 is 0.923 bits per heavy atom. The molecule has 0 spiro atoms. The van der Waals surface area contributed by atoms with Gasteiger partial charge in [0.2, 0.25) is 0 Å². The smallest absolute Gasteiger partial charge is 0.469 e. The normalized spacial score (nSPS) is 11.7. The molecule has 0 saturated carbocycles. The van der Waals surface area contributed by atoms with Crippen LogP contribution in [-0.4, -0.2) is 40.7 Å². The van der Waals surface area contributed by atoms with Crippen molar-refractivity contribution < 1.29 is 29.6 Å². The summed E-state index contributed by atoms with van der Waals surface area (Å²) in [5.41, 5.74) is 0. The standard InChI is InChI=1S/C19H36O3.CH2O3/c1-3-4-5-12-15-18(20)16-13-10-8-6-7-9-11-14-17-19(21)22-2;2-1(3)4/h10,13,18,20H,3-9,11-12,14-17H2,1-2H3;(H2,2,3,4)/b13-10-;. The van der Waals surface area contributed by atoms with Crippen LogP contribution in [0, 0.1) is 0 Å². The number of carboxylic acid groups (broad SMARTS) is 2. The maximum Gasteiger partial charge on any atom is 0.503 e. The van der Waals surface area contributed by atoms with Crippen LogP contribution in [0.4, 0.5) is 4.79 Å². The predicted molar refractivity (Wildman–Crippen MR) is 104 cm³/mol. The molecule has 1 atom stereocenters. The molecule has 26 heavy (non-hydrogen) atoms. The van der Waals surface area contributed by atoms with Crippen LogP contribution < -0.4 is 0 Å². The molecule has 1 unspecified atom stereocenters. The van der Waals surface area contributed by atoms with E-state index in [0.717, 1.165) is 38.5 Å². The fraction of sp³-hybridized carbons (Fsp3) is 0.800. The highest BCUT2D eigenvalue weighted by Gasteiger charge is 2.01. The molecule has 0 radical (unpaired) electrons. The van der Waals surface area contributed by atoms with Crippen molar-refractivity contribution in [1.29, 1.82) is 0 Å². The molecule has 0 aromatic carbocycles. The summed E-state index contributed by atoms with van der Waals surface area (Å²) < 4.78 is 4.61. The molecular formula is C20H38O6. The molecule has 0 rings (SSSR count). The highest BCUT2D eigenvalue weighted by molar-refractivity contribution is 5.68. The molecular weight excluding hydrogens is 336 g/mol. The number of carbonyl (C=O) groups is 2. The molecule has 0 amide bonds. The van der Waals surface area contributed by atoms with Gasteiger partial charge < -0.3 is 20.1 Å². The van der Waals surface area contributed by atoms with E-state index in [1.165, 1.54) is 45.6 Å². The maximum atomic E-state index is 10.9. The van der Waals surface area contributed by atoms with Gasteiger partial charge in [-0.25, -0.2) is 4.79 Å². The van der Waals surface area contributed by atoms with E-state index in [1.54, 1.807) is 0 Å². The van der Waals surface area contributed by atoms with Crippen LogP contribution in [0.1, 0.15) is 90.4 Å². The minimum atomic E-state index is -1.83. The zero-order chi connectivity index (χ0) is 20.0. The lowest BCUT2D eigenvalue weighted by Gasteiger charge is -2.07. The average molecular weight is 375 g/mol. The zero-order valence-electron chi connectivity index (χ0n) is 16.5. The van der Waals surface area contributed by atoms with E-state index < -0.39 is 6.16 Å². The maximum absolute atomic E-state index is 10.9. The summed E-state index contributed by atoms with van der Waals surface area (Å²) in [7, 11) is 1.44. The number of hydrogen-bond donors (Lipinski definition) is 3. The van der Waals surface area contributed by atoms with Gasteiger partial charge in [0.05, 0.1) is 13.2 Å². The van der Waals surface area contributed by atoms with Crippen molar-refractivity contribution in [3.8, 4) is 0 Å². The van der Waals surface area contributed by atoms with Crippen LogP contribution in [0.5, 0.6) is 0 Å². The van der Waals surface area contributed by atoms with Crippen molar-refractivity contribution in [2.75, 3.05) is 7.11 Å². The van der Waals surface area contributed by atoms with Crippen LogP contribution in [-0.2, 0) is 9.53 Å². The van der Waals surface area contributed by atoms with Crippen LogP contribution >= 0.6 is 0 Å². The van der Waals surface area contributed by atoms with Crippen molar-refractivity contribution >= 4 is 12.1 Å². The quantitative estimate of drug-likeness (QED) is 0.202. The molecule has 0 aromatic rings. The molecule has 0 aliphatic rings. The zero-order valence-corrected chi connectivity index (χ0v) is 16.5. The molecule has 3 N–H and O–H groups in total. The summed E-state index contributed by atoms with van der Waals surface area (Å²) in [6.45, 7) is 2.21. The van der Waals surface area contributed by atoms with Crippen LogP contribution in [0.15, 0.2) is 12.2 Å². The summed E-state index contributed by atoms with van der Waals surface area (Å²) in [6, 6.07) is 0. The summed E-state index contributed by atoms with van der Waals surface area (Å²) in [5.74, 6) is -0.101. The van der Waals surface area contributed by atoms with E-state index >= 15 is 0 Å². The van der Waals surface area contributed by atoms with Crippen molar-refractivity contribution in [3.05, 3.63) is 12.2 Å². The van der Waals surface area contributed by atoms with Gasteiger partial charge in [0, 0.05) is 6.42 Å². The lowest BCUT2D eigenvalue weighted by molar-refractivity contribution is -0.140. The number of aliphatic hydroxyl groups excluding tert-OH is 1. The number of esters is 1. The third kappa shape index (κ3) is 27.3. The van der Waals surface area contributed by atoms with Gasteiger partial charge >= 0.3 is 12.1 Å². The van der Waals surface area contributed by atoms with Gasteiger partial charge in [-0.3, -0.25) is 4.79 Å². The van der Waals surface area contributed by atoms with Gasteiger partial charge in [-0.05, 0) is 32.1 Å². The molecule has 0 bridgehead atoms. The number of rotatable bonds is 15. The van der Waals surface area contributed by atoms with Crippen molar-refractivity contribution in [2.24, 2.45) is 0 Å². The Morgan fingerprint density at radius 2 is 1.50 bits per heavy atom. The summed E-state index contributed by atoms with van der Waals surface area (Å²) in [4.78, 5) is 19.5. The third-order valence-electron chi connectivity index (χ3n) is 3.95. The highest BCUT2D eigenvalue weighted by Crippen LogP contribution is 2.10. The highest BCUT2D eigenvalue weighted by atomic mass is 16.6. The first-order valence-corrected chi connectivity index (χ1v) is 9.75. The van der Waals surface area contributed by atoms with Crippen LogP contribution in [0.3, 0.4) is 0 Å². The molecule has 0 heterocycles. The van der Waals surface area contributed by atoms with E-state index in [4.69, 9.17) is 15.0 Å². The second-order valence-electron chi connectivity index (χ2n) is 6.38. The molecule has 0 saturated heterocycles. The third-order valence-corrected chi connectivity index (χ3v) is 3.95. The van der Waals surface area contributed by atoms with E-state index in [9.17, 15) is 9.90 Å². The van der Waals surface area contributed by atoms with Gasteiger partial charge in [-0.2, -0.15) is 0 Å². The van der Waals surface area contributed by atoms with E-state index in [1.807, 2.05) is 0 Å². The average Bonchev–Trinajstić information content (AvgIpc) is 2.59. The van der Waals surface area contributed by atoms with Gasteiger partial charge in [0.15, 0.2) is 0 Å². The van der Waals surface area contributed by atoms with E-state index in [0.29, 0.717) is 6.42 Å². The summed E-state index contributed by atoms with van der Waals surface area (Å²) in [5, 5.41) is 23.8. The fourth-order valence-corrected chi connectivity index (χ4v) is 2.46. The SMILES string of the molecule is CCCCCCC(O)C/C=C\CCCCCCCC(=O)OC.O=C(O)O. The van der Waals surface area contributed by atoms with Crippen molar-refractivity contribution in [3.63, 3.8) is 0 Å². The first kappa shape index (κ1) is 26.7. The molecule has 0 aliphatic heterocycles. The fourth-order valence-electron chi connectivity index (χ4n) is 2.46. The number of allylic oxidation sites excluding steroid dienone is 1. The number of methoxy groups -OCH3 is 1. The van der Waals surface area contributed by atoms with Gasteiger partial charge in [0.1, 0.15) is 0 Å². The largest absolute Gasteiger partial charge is 0.503 e. The van der Waals surface area contributed by atoms with Gasteiger partial charge in [-0.1, -0.05) is 64.0 Å². The molecule has 0 fully saturated rings. The second-order valence-corrected chi connectivity index (χ2v) is 6.38. The molecule has 6 heteroatoms. The second kappa shape index (κ2) is 21.5. The van der Waals surface area contributed by atoms with Crippen molar-refractivity contribution in [2.45, 2.75) is 96.5 Å². The number of unbranched alkanes of at least 4 members (excludes halogenated alkanes) is 8.